The Balaban J connectivity index is 1.81. The first-order chi connectivity index (χ1) is 12.0. The van der Waals surface area contributed by atoms with Crippen molar-refractivity contribution in [1.82, 2.24) is 10.1 Å². The van der Waals surface area contributed by atoms with Crippen molar-refractivity contribution in [2.75, 3.05) is 26.1 Å². The molecule has 25 heavy (non-hydrogen) atoms. The van der Waals surface area contributed by atoms with E-state index >= 15 is 0 Å². The van der Waals surface area contributed by atoms with Gasteiger partial charge in [-0.05, 0) is 26.7 Å². The highest BCUT2D eigenvalue weighted by atomic mass is 16.5. The molecule has 1 aliphatic rings. The number of carbonyl (C=O) groups is 1. The van der Waals surface area contributed by atoms with E-state index in [0.29, 0.717) is 23.7 Å². The third-order valence-electron chi connectivity index (χ3n) is 4.54. The first-order valence-electron chi connectivity index (χ1n) is 8.27. The first kappa shape index (κ1) is 17.1. The molecule has 1 aliphatic heterocycles. The standard InChI is InChI=1S/C18H23N3O4/c1-11-17(12(2)25-20-11)16-6-5-7-21(16)18(22)19-13-8-14(23-3)10-15(9-13)24-4/h8-10,16H,5-7H2,1-4H3,(H,19,22)/t16-/m1/s1. The summed E-state index contributed by atoms with van der Waals surface area (Å²) in [5.74, 6) is 2.02. The molecule has 134 valence electrons. The summed E-state index contributed by atoms with van der Waals surface area (Å²) in [4.78, 5) is 14.7. The van der Waals surface area contributed by atoms with Crippen LogP contribution in [0.2, 0.25) is 0 Å². The molecule has 0 bridgehead atoms. The summed E-state index contributed by atoms with van der Waals surface area (Å²) in [6, 6.07) is 5.12. The largest absolute Gasteiger partial charge is 0.497 e. The first-order valence-corrected chi connectivity index (χ1v) is 8.27. The van der Waals surface area contributed by atoms with Crippen molar-refractivity contribution in [2.45, 2.75) is 32.7 Å². The fourth-order valence-electron chi connectivity index (χ4n) is 3.35. The number of urea groups is 1. The number of rotatable bonds is 4. The molecular weight excluding hydrogens is 322 g/mol. The average Bonchev–Trinajstić information content (AvgIpc) is 3.20. The quantitative estimate of drug-likeness (QED) is 0.915. The number of hydrogen-bond acceptors (Lipinski definition) is 5. The van der Waals surface area contributed by atoms with Gasteiger partial charge < -0.3 is 24.2 Å². The molecule has 1 saturated heterocycles. The lowest BCUT2D eigenvalue weighted by molar-refractivity contribution is 0.206. The molecule has 2 heterocycles. The molecule has 2 amide bonds. The van der Waals surface area contributed by atoms with Crippen LogP contribution in [-0.4, -0.2) is 36.9 Å². The van der Waals surface area contributed by atoms with Crippen LogP contribution in [0.4, 0.5) is 10.5 Å². The van der Waals surface area contributed by atoms with E-state index in [4.69, 9.17) is 14.0 Å². The number of hydrogen-bond donors (Lipinski definition) is 1. The van der Waals surface area contributed by atoms with Gasteiger partial charge in [0.25, 0.3) is 0 Å². The molecule has 7 nitrogen and oxygen atoms in total. The number of anilines is 1. The summed E-state index contributed by atoms with van der Waals surface area (Å²) in [5, 5.41) is 6.96. The fourth-order valence-corrected chi connectivity index (χ4v) is 3.35. The molecule has 1 aromatic carbocycles. The molecule has 0 saturated carbocycles. The second-order valence-electron chi connectivity index (χ2n) is 6.12. The van der Waals surface area contributed by atoms with Gasteiger partial charge in [-0.15, -0.1) is 0 Å². The van der Waals surface area contributed by atoms with E-state index < -0.39 is 0 Å². The number of likely N-dealkylation sites (tertiary alicyclic amines) is 1. The van der Waals surface area contributed by atoms with Crippen molar-refractivity contribution in [2.24, 2.45) is 0 Å². The van der Waals surface area contributed by atoms with Crippen LogP contribution in [0.25, 0.3) is 0 Å². The Labute approximate surface area is 146 Å². The van der Waals surface area contributed by atoms with Crippen molar-refractivity contribution in [1.29, 1.82) is 0 Å². The van der Waals surface area contributed by atoms with Crippen LogP contribution in [0.5, 0.6) is 11.5 Å². The zero-order chi connectivity index (χ0) is 18.0. The number of methoxy groups -OCH3 is 2. The molecule has 1 N–H and O–H groups in total. The normalized spacial score (nSPS) is 16.8. The van der Waals surface area contributed by atoms with Crippen LogP contribution >= 0.6 is 0 Å². The molecule has 2 aromatic rings. The highest BCUT2D eigenvalue weighted by Gasteiger charge is 2.33. The third kappa shape index (κ3) is 3.40. The van der Waals surface area contributed by atoms with Gasteiger partial charge in [-0.1, -0.05) is 5.16 Å². The molecule has 0 unspecified atom stereocenters. The van der Waals surface area contributed by atoms with Gasteiger partial charge in [0, 0.05) is 36.0 Å². The lowest BCUT2D eigenvalue weighted by Crippen LogP contribution is -2.34. The SMILES string of the molecule is COc1cc(NC(=O)N2CCC[C@@H]2c2c(C)noc2C)cc(OC)c1. The van der Waals surface area contributed by atoms with E-state index in [9.17, 15) is 4.79 Å². The van der Waals surface area contributed by atoms with Crippen molar-refractivity contribution in [3.8, 4) is 11.5 Å². The maximum atomic E-state index is 12.8. The molecule has 1 fully saturated rings. The van der Waals surface area contributed by atoms with E-state index in [1.165, 1.54) is 0 Å². The van der Waals surface area contributed by atoms with E-state index in [1.54, 1.807) is 32.4 Å². The number of nitrogens with one attached hydrogen (secondary N) is 1. The molecular formula is C18H23N3O4. The van der Waals surface area contributed by atoms with Crippen LogP contribution in [0.3, 0.4) is 0 Å². The topological polar surface area (TPSA) is 76.8 Å². The Bertz CT molecular complexity index is 730. The maximum absolute atomic E-state index is 12.8. The van der Waals surface area contributed by atoms with Crippen molar-refractivity contribution < 1.29 is 18.8 Å². The second-order valence-corrected chi connectivity index (χ2v) is 6.12. The monoisotopic (exact) mass is 345 g/mol. The minimum atomic E-state index is -0.155. The number of benzene rings is 1. The van der Waals surface area contributed by atoms with Gasteiger partial charge in [0.15, 0.2) is 0 Å². The summed E-state index contributed by atoms with van der Waals surface area (Å²) < 4.78 is 15.8. The van der Waals surface area contributed by atoms with Gasteiger partial charge >= 0.3 is 6.03 Å². The van der Waals surface area contributed by atoms with Crippen LogP contribution in [-0.2, 0) is 0 Å². The lowest BCUT2D eigenvalue weighted by atomic mass is 10.0. The summed E-state index contributed by atoms with van der Waals surface area (Å²) in [6.45, 7) is 4.49. The Kier molecular flexibility index (Phi) is 4.83. The van der Waals surface area contributed by atoms with E-state index in [-0.39, 0.29) is 12.1 Å². The minimum absolute atomic E-state index is 0.0150. The van der Waals surface area contributed by atoms with Crippen LogP contribution in [0, 0.1) is 13.8 Å². The number of aromatic nitrogens is 1. The third-order valence-corrected chi connectivity index (χ3v) is 4.54. The molecule has 7 heteroatoms. The predicted molar refractivity (Wildman–Crippen MR) is 93.2 cm³/mol. The number of nitrogens with zero attached hydrogens (tertiary/aromatic N) is 2. The van der Waals surface area contributed by atoms with E-state index in [2.05, 4.69) is 10.5 Å². The van der Waals surface area contributed by atoms with Gasteiger partial charge in [0.2, 0.25) is 0 Å². The Morgan fingerprint density at radius 1 is 1.24 bits per heavy atom. The van der Waals surface area contributed by atoms with E-state index in [1.807, 2.05) is 18.7 Å². The zero-order valence-corrected chi connectivity index (χ0v) is 15.0. The maximum Gasteiger partial charge on any atom is 0.322 e. The second kappa shape index (κ2) is 7.04. The van der Waals surface area contributed by atoms with Gasteiger partial charge in [-0.25, -0.2) is 4.79 Å². The Hall–Kier alpha value is -2.70. The average molecular weight is 345 g/mol. The summed E-state index contributed by atoms with van der Waals surface area (Å²) >= 11 is 0. The van der Waals surface area contributed by atoms with Gasteiger partial charge in [-0.2, -0.15) is 0 Å². The van der Waals surface area contributed by atoms with Crippen molar-refractivity contribution >= 4 is 11.7 Å². The highest BCUT2D eigenvalue weighted by molar-refractivity contribution is 5.90. The van der Waals surface area contributed by atoms with E-state index in [0.717, 1.165) is 29.9 Å². The molecule has 0 aliphatic carbocycles. The summed E-state index contributed by atoms with van der Waals surface area (Å²) in [7, 11) is 3.16. The van der Waals surface area contributed by atoms with Crippen LogP contribution < -0.4 is 14.8 Å². The van der Waals surface area contributed by atoms with Crippen molar-refractivity contribution in [3.63, 3.8) is 0 Å². The van der Waals surface area contributed by atoms with Gasteiger partial charge in [0.05, 0.1) is 26.0 Å². The number of ether oxygens (including phenoxy) is 2. The zero-order valence-electron chi connectivity index (χ0n) is 15.0. The minimum Gasteiger partial charge on any atom is -0.497 e. The van der Waals surface area contributed by atoms with Crippen LogP contribution in [0.1, 0.15) is 35.9 Å². The number of carbonyl (C=O) groups excluding carboxylic acids is 1. The molecule has 1 atom stereocenters. The summed E-state index contributed by atoms with van der Waals surface area (Å²) in [6.07, 6.45) is 1.85. The fraction of sp³-hybridized carbons (Fsp3) is 0.444. The number of amides is 2. The molecule has 0 radical (unpaired) electrons. The predicted octanol–water partition coefficient (Wildman–Crippen LogP) is 3.68. The van der Waals surface area contributed by atoms with Crippen LogP contribution in [0.15, 0.2) is 22.7 Å². The Morgan fingerprint density at radius 3 is 2.48 bits per heavy atom. The number of aryl methyl sites for hydroxylation is 2. The van der Waals surface area contributed by atoms with Gasteiger partial charge in [0.1, 0.15) is 17.3 Å². The lowest BCUT2D eigenvalue weighted by Gasteiger charge is -2.25. The van der Waals surface area contributed by atoms with Crippen molar-refractivity contribution in [3.05, 3.63) is 35.2 Å². The van der Waals surface area contributed by atoms with Gasteiger partial charge in [-0.3, -0.25) is 0 Å². The molecule has 3 rings (SSSR count). The Morgan fingerprint density at radius 2 is 1.92 bits per heavy atom. The smallest absolute Gasteiger partial charge is 0.322 e. The summed E-state index contributed by atoms with van der Waals surface area (Å²) in [5.41, 5.74) is 2.48. The molecule has 1 aromatic heterocycles. The highest BCUT2D eigenvalue weighted by Crippen LogP contribution is 2.36. The molecule has 0 spiro atoms.